The quantitative estimate of drug-likeness (QED) is 0.527. The normalized spacial score (nSPS) is 15.1. The SMILES string of the molecule is CN1CCN(c2cc3c(cc2F)c(=O)n(OC(=O)C(F)(F)F)c(=O)n3-c2ccc(F)cc2)CC1. The van der Waals surface area contributed by atoms with Gasteiger partial charge in [0.25, 0.3) is 5.56 Å². The van der Waals surface area contributed by atoms with Crippen LogP contribution in [0.1, 0.15) is 0 Å². The summed E-state index contributed by atoms with van der Waals surface area (Å²) in [6, 6.07) is 6.22. The lowest BCUT2D eigenvalue weighted by Gasteiger charge is -2.34. The van der Waals surface area contributed by atoms with Crippen LogP contribution in [0.3, 0.4) is 0 Å². The topological polar surface area (TPSA) is 76.8 Å². The van der Waals surface area contributed by atoms with Gasteiger partial charge in [-0.15, -0.1) is 0 Å². The molecular weight excluding hydrogens is 467 g/mol. The molecular formula is C21H17F5N4O4. The number of likely N-dealkylation sites (N-methyl/N-ethyl adjacent to an activating group) is 1. The van der Waals surface area contributed by atoms with Crippen LogP contribution in [-0.2, 0) is 4.79 Å². The maximum absolute atomic E-state index is 15.0. The van der Waals surface area contributed by atoms with E-state index in [4.69, 9.17) is 0 Å². The largest absolute Gasteiger partial charge is 0.493 e. The highest BCUT2D eigenvalue weighted by Gasteiger charge is 2.42. The van der Waals surface area contributed by atoms with Crippen molar-refractivity contribution in [1.82, 2.24) is 14.2 Å². The Kier molecular flexibility index (Phi) is 5.89. The summed E-state index contributed by atoms with van der Waals surface area (Å²) in [4.78, 5) is 44.9. The molecule has 1 aliphatic heterocycles. The molecule has 4 rings (SSSR count). The number of anilines is 1. The second-order valence-corrected chi connectivity index (χ2v) is 7.68. The van der Waals surface area contributed by atoms with E-state index in [0.717, 1.165) is 34.9 Å². The van der Waals surface area contributed by atoms with Gasteiger partial charge in [0, 0.05) is 26.2 Å². The van der Waals surface area contributed by atoms with E-state index in [1.807, 2.05) is 11.9 Å². The number of halogens is 5. The average Bonchev–Trinajstić information content (AvgIpc) is 2.78. The van der Waals surface area contributed by atoms with Crippen molar-refractivity contribution in [3.05, 3.63) is 68.9 Å². The molecule has 2 heterocycles. The summed E-state index contributed by atoms with van der Waals surface area (Å²) in [6.07, 6.45) is -5.50. The molecule has 0 amide bonds. The summed E-state index contributed by atoms with van der Waals surface area (Å²) >= 11 is 0. The zero-order valence-electron chi connectivity index (χ0n) is 17.6. The Hall–Kier alpha value is -3.74. The smallest absolute Gasteiger partial charge is 0.367 e. The third-order valence-electron chi connectivity index (χ3n) is 5.42. The molecule has 0 spiro atoms. The van der Waals surface area contributed by atoms with E-state index in [1.165, 1.54) is 6.07 Å². The summed E-state index contributed by atoms with van der Waals surface area (Å²) in [6.45, 7) is 2.13. The van der Waals surface area contributed by atoms with Crippen LogP contribution >= 0.6 is 0 Å². The van der Waals surface area contributed by atoms with Crippen molar-refractivity contribution in [1.29, 1.82) is 0 Å². The molecule has 1 fully saturated rings. The first-order chi connectivity index (χ1) is 16.0. The van der Waals surface area contributed by atoms with Gasteiger partial charge in [-0.3, -0.25) is 9.36 Å². The highest BCUT2D eigenvalue weighted by molar-refractivity contribution is 5.84. The molecule has 0 N–H and O–H groups in total. The molecule has 2 aromatic carbocycles. The van der Waals surface area contributed by atoms with Crippen molar-refractivity contribution in [2.24, 2.45) is 0 Å². The van der Waals surface area contributed by atoms with Gasteiger partial charge >= 0.3 is 17.8 Å². The number of benzene rings is 2. The van der Waals surface area contributed by atoms with Crippen LogP contribution < -0.4 is 21.0 Å². The molecule has 34 heavy (non-hydrogen) atoms. The third-order valence-corrected chi connectivity index (χ3v) is 5.42. The lowest BCUT2D eigenvalue weighted by atomic mass is 10.1. The first-order valence-corrected chi connectivity index (χ1v) is 9.97. The fraction of sp³-hybridized carbons (Fsp3) is 0.286. The van der Waals surface area contributed by atoms with Crippen LogP contribution in [0.2, 0.25) is 0 Å². The van der Waals surface area contributed by atoms with E-state index >= 15 is 4.39 Å². The van der Waals surface area contributed by atoms with Crippen molar-refractivity contribution in [2.75, 3.05) is 38.1 Å². The van der Waals surface area contributed by atoms with Gasteiger partial charge in [-0.05, 0) is 43.4 Å². The Morgan fingerprint density at radius 2 is 1.59 bits per heavy atom. The van der Waals surface area contributed by atoms with Crippen molar-refractivity contribution in [3.63, 3.8) is 0 Å². The standard InChI is InChI=1S/C21H17F5N4O4/c1-27-6-8-28(9-7-27)17-11-16-14(10-15(17)23)18(31)30(34-19(32)21(24,25)26)20(33)29(16)13-4-2-12(22)3-5-13/h2-5,10-11H,6-9H2,1H3. The lowest BCUT2D eigenvalue weighted by Crippen LogP contribution is -2.48. The van der Waals surface area contributed by atoms with E-state index in [-0.39, 0.29) is 16.9 Å². The van der Waals surface area contributed by atoms with Gasteiger partial charge in [-0.2, -0.15) is 13.2 Å². The molecule has 0 aliphatic carbocycles. The van der Waals surface area contributed by atoms with Crippen molar-refractivity contribution < 1.29 is 31.6 Å². The van der Waals surface area contributed by atoms with Crippen LogP contribution in [0.25, 0.3) is 16.6 Å². The average molecular weight is 484 g/mol. The van der Waals surface area contributed by atoms with Crippen molar-refractivity contribution in [3.8, 4) is 5.69 Å². The highest BCUT2D eigenvalue weighted by atomic mass is 19.4. The number of aromatic nitrogens is 2. The van der Waals surface area contributed by atoms with E-state index in [9.17, 15) is 31.9 Å². The molecule has 1 aliphatic rings. The molecule has 1 saturated heterocycles. The monoisotopic (exact) mass is 484 g/mol. The maximum Gasteiger partial charge on any atom is 0.493 e. The zero-order chi connectivity index (χ0) is 24.8. The molecule has 180 valence electrons. The molecule has 3 aromatic rings. The van der Waals surface area contributed by atoms with E-state index in [2.05, 4.69) is 4.84 Å². The highest BCUT2D eigenvalue weighted by Crippen LogP contribution is 2.26. The molecule has 0 unspecified atom stereocenters. The van der Waals surface area contributed by atoms with Crippen molar-refractivity contribution in [2.45, 2.75) is 6.18 Å². The van der Waals surface area contributed by atoms with E-state index < -0.39 is 45.1 Å². The Balaban J connectivity index is 1.99. The van der Waals surface area contributed by atoms with E-state index in [0.29, 0.717) is 26.2 Å². The van der Waals surface area contributed by atoms with Crippen LogP contribution in [0.4, 0.5) is 27.6 Å². The number of alkyl halides is 3. The summed E-state index contributed by atoms with van der Waals surface area (Å²) in [5.41, 5.74) is -3.06. The number of hydrogen-bond acceptors (Lipinski definition) is 6. The summed E-state index contributed by atoms with van der Waals surface area (Å²) in [5.74, 6) is -4.33. The second-order valence-electron chi connectivity index (χ2n) is 7.68. The number of nitrogens with zero attached hydrogens (tertiary/aromatic N) is 4. The molecule has 0 bridgehead atoms. The van der Waals surface area contributed by atoms with Gasteiger partial charge in [0.2, 0.25) is 0 Å². The van der Waals surface area contributed by atoms with Gasteiger partial charge in [0.1, 0.15) is 11.6 Å². The number of rotatable bonds is 3. The number of fused-ring (bicyclic) bond motifs is 1. The molecule has 8 nitrogen and oxygen atoms in total. The first kappa shape index (κ1) is 23.4. The number of carbonyl (C=O) groups excluding carboxylic acids is 1. The summed E-state index contributed by atoms with van der Waals surface area (Å²) in [7, 11) is 1.89. The third kappa shape index (κ3) is 4.25. The van der Waals surface area contributed by atoms with Gasteiger partial charge < -0.3 is 14.6 Å². The minimum atomic E-state index is -5.50. The molecule has 0 atom stereocenters. The van der Waals surface area contributed by atoms with Crippen LogP contribution in [0.15, 0.2) is 46.0 Å². The molecule has 13 heteroatoms. The number of piperazine rings is 1. The Bertz CT molecular complexity index is 1370. The Morgan fingerprint density at radius 3 is 2.18 bits per heavy atom. The second kappa shape index (κ2) is 8.56. The fourth-order valence-corrected chi connectivity index (χ4v) is 3.64. The van der Waals surface area contributed by atoms with Crippen LogP contribution in [0.5, 0.6) is 0 Å². The molecule has 1 aromatic heterocycles. The minimum absolute atomic E-state index is 0.0517. The minimum Gasteiger partial charge on any atom is -0.367 e. The summed E-state index contributed by atoms with van der Waals surface area (Å²) < 4.78 is 67.0. The van der Waals surface area contributed by atoms with Gasteiger partial charge in [0.05, 0.1) is 22.3 Å². The molecule has 0 saturated carbocycles. The first-order valence-electron chi connectivity index (χ1n) is 9.97. The van der Waals surface area contributed by atoms with Crippen LogP contribution in [0, 0.1) is 11.6 Å². The predicted molar refractivity (Wildman–Crippen MR) is 111 cm³/mol. The zero-order valence-corrected chi connectivity index (χ0v) is 17.6. The van der Waals surface area contributed by atoms with Gasteiger partial charge in [-0.25, -0.2) is 18.4 Å². The Labute approximate surface area is 187 Å². The number of carbonyl (C=O) groups is 1. The van der Waals surface area contributed by atoms with Gasteiger partial charge in [-0.1, -0.05) is 4.73 Å². The van der Waals surface area contributed by atoms with Gasteiger partial charge in [0.15, 0.2) is 0 Å². The number of hydrogen-bond donors (Lipinski definition) is 0. The Morgan fingerprint density at radius 1 is 0.971 bits per heavy atom. The lowest BCUT2D eigenvalue weighted by molar-refractivity contribution is -0.200. The van der Waals surface area contributed by atoms with Crippen molar-refractivity contribution >= 4 is 22.6 Å². The fourth-order valence-electron chi connectivity index (χ4n) is 3.64. The predicted octanol–water partition coefficient (Wildman–Crippen LogP) is 1.70. The maximum atomic E-state index is 15.0. The van der Waals surface area contributed by atoms with Crippen LogP contribution in [-0.4, -0.2) is 59.6 Å². The molecule has 0 radical (unpaired) electrons. The van der Waals surface area contributed by atoms with E-state index in [1.54, 1.807) is 4.90 Å². The summed E-state index contributed by atoms with van der Waals surface area (Å²) in [5, 5.41) is -0.519.